The largest absolute Gasteiger partial charge is 0.457 e. The fourth-order valence-corrected chi connectivity index (χ4v) is 4.15. The molecule has 8 nitrogen and oxygen atoms in total. The molecule has 0 bridgehead atoms. The standard InChI is InChI=1S/C28H29FN4O4/c1-18-4-3-5-24(14-18)37-23-9-7-22(8-10-23)33(17-27(35)32-13-12-20(30)16-32)28(36)25-15-21(31-19(2)34)6-11-26(25)29/h3-11,14-15,20H,12-13,16-17,30H2,1-2H3,(H,31,34). The predicted molar refractivity (Wildman–Crippen MR) is 139 cm³/mol. The van der Waals surface area contributed by atoms with Crippen LogP contribution in [0.15, 0.2) is 66.7 Å². The zero-order chi connectivity index (χ0) is 26.5. The number of ether oxygens (including phenoxy) is 1. The maximum atomic E-state index is 14.8. The minimum atomic E-state index is -0.765. The van der Waals surface area contributed by atoms with Crippen LogP contribution in [0.25, 0.3) is 0 Å². The Labute approximate surface area is 214 Å². The summed E-state index contributed by atoms with van der Waals surface area (Å²) in [5, 5.41) is 2.55. The van der Waals surface area contributed by atoms with Crippen LogP contribution in [-0.2, 0) is 9.59 Å². The normalized spacial score (nSPS) is 14.8. The van der Waals surface area contributed by atoms with Crippen molar-refractivity contribution >= 4 is 29.1 Å². The monoisotopic (exact) mass is 504 g/mol. The van der Waals surface area contributed by atoms with E-state index in [1.54, 1.807) is 29.2 Å². The highest BCUT2D eigenvalue weighted by atomic mass is 19.1. The Morgan fingerprint density at radius 3 is 2.49 bits per heavy atom. The maximum Gasteiger partial charge on any atom is 0.261 e. The quantitative estimate of drug-likeness (QED) is 0.504. The summed E-state index contributed by atoms with van der Waals surface area (Å²) in [6, 6.07) is 17.8. The lowest BCUT2D eigenvalue weighted by Crippen LogP contribution is -2.43. The van der Waals surface area contributed by atoms with Crippen molar-refractivity contribution in [1.29, 1.82) is 0 Å². The van der Waals surface area contributed by atoms with E-state index in [-0.39, 0.29) is 35.7 Å². The third-order valence-electron chi connectivity index (χ3n) is 6.01. The van der Waals surface area contributed by atoms with Crippen molar-refractivity contribution in [1.82, 2.24) is 4.90 Å². The first kappa shape index (κ1) is 25.8. The van der Waals surface area contributed by atoms with Gasteiger partial charge in [0.25, 0.3) is 5.91 Å². The van der Waals surface area contributed by atoms with Gasteiger partial charge in [-0.05, 0) is 73.5 Å². The zero-order valence-electron chi connectivity index (χ0n) is 20.7. The molecule has 1 atom stereocenters. The van der Waals surface area contributed by atoms with E-state index in [9.17, 15) is 18.8 Å². The summed E-state index contributed by atoms with van der Waals surface area (Å²) in [5.74, 6) is -0.921. The van der Waals surface area contributed by atoms with Gasteiger partial charge in [-0.3, -0.25) is 19.3 Å². The van der Waals surface area contributed by atoms with E-state index in [0.717, 1.165) is 11.6 Å². The van der Waals surface area contributed by atoms with Gasteiger partial charge in [0.15, 0.2) is 0 Å². The lowest BCUT2D eigenvalue weighted by atomic mass is 10.1. The first-order chi connectivity index (χ1) is 17.7. The minimum Gasteiger partial charge on any atom is -0.457 e. The molecule has 0 aliphatic carbocycles. The average molecular weight is 505 g/mol. The number of halogens is 1. The van der Waals surface area contributed by atoms with Gasteiger partial charge in [-0.25, -0.2) is 4.39 Å². The van der Waals surface area contributed by atoms with E-state index in [1.165, 1.54) is 24.0 Å². The molecule has 1 unspecified atom stereocenters. The Balaban J connectivity index is 1.63. The molecule has 1 aliphatic rings. The van der Waals surface area contributed by atoms with Crippen LogP contribution in [0.3, 0.4) is 0 Å². The van der Waals surface area contributed by atoms with Crippen LogP contribution < -0.4 is 20.7 Å². The molecule has 9 heteroatoms. The highest BCUT2D eigenvalue weighted by Gasteiger charge is 2.29. The second-order valence-electron chi connectivity index (χ2n) is 9.07. The average Bonchev–Trinajstić information content (AvgIpc) is 3.30. The lowest BCUT2D eigenvalue weighted by molar-refractivity contribution is -0.128. The lowest BCUT2D eigenvalue weighted by Gasteiger charge is -2.26. The highest BCUT2D eigenvalue weighted by molar-refractivity contribution is 6.09. The van der Waals surface area contributed by atoms with Crippen LogP contribution in [0, 0.1) is 12.7 Å². The van der Waals surface area contributed by atoms with E-state index >= 15 is 0 Å². The Hall–Kier alpha value is -4.24. The predicted octanol–water partition coefficient (Wildman–Crippen LogP) is 4.09. The Bertz CT molecular complexity index is 1310. The van der Waals surface area contributed by atoms with Crippen LogP contribution >= 0.6 is 0 Å². The number of carbonyl (C=O) groups is 3. The smallest absolute Gasteiger partial charge is 0.261 e. The van der Waals surface area contributed by atoms with Crippen LogP contribution in [0.5, 0.6) is 11.5 Å². The molecule has 3 aromatic rings. The number of anilines is 2. The molecule has 0 saturated carbocycles. The summed E-state index contributed by atoms with van der Waals surface area (Å²) < 4.78 is 20.7. The number of hydrogen-bond donors (Lipinski definition) is 2. The fraction of sp³-hybridized carbons (Fsp3) is 0.250. The van der Waals surface area contributed by atoms with Crippen molar-refractivity contribution in [3.8, 4) is 11.5 Å². The number of carbonyl (C=O) groups excluding carboxylic acids is 3. The maximum absolute atomic E-state index is 14.8. The van der Waals surface area contributed by atoms with Gasteiger partial charge in [0, 0.05) is 37.4 Å². The van der Waals surface area contributed by atoms with Crippen LogP contribution in [0.4, 0.5) is 15.8 Å². The number of nitrogens with zero attached hydrogens (tertiary/aromatic N) is 2. The molecule has 4 rings (SSSR count). The molecule has 1 fully saturated rings. The summed E-state index contributed by atoms with van der Waals surface area (Å²) in [7, 11) is 0. The molecule has 192 valence electrons. The van der Waals surface area contributed by atoms with Gasteiger partial charge in [-0.1, -0.05) is 12.1 Å². The molecule has 3 aromatic carbocycles. The van der Waals surface area contributed by atoms with Crippen LogP contribution in [0.2, 0.25) is 0 Å². The van der Waals surface area contributed by atoms with Gasteiger partial charge in [0.2, 0.25) is 11.8 Å². The molecule has 1 aliphatic heterocycles. The first-order valence-corrected chi connectivity index (χ1v) is 12.0. The zero-order valence-corrected chi connectivity index (χ0v) is 20.7. The van der Waals surface area contributed by atoms with Gasteiger partial charge < -0.3 is 20.7 Å². The van der Waals surface area contributed by atoms with E-state index < -0.39 is 11.7 Å². The summed E-state index contributed by atoms with van der Waals surface area (Å²) >= 11 is 0. The molecule has 1 saturated heterocycles. The number of amides is 3. The van der Waals surface area contributed by atoms with Crippen molar-refractivity contribution in [2.24, 2.45) is 5.73 Å². The Kier molecular flexibility index (Phi) is 7.83. The summed E-state index contributed by atoms with van der Waals surface area (Å²) in [4.78, 5) is 40.9. The van der Waals surface area contributed by atoms with E-state index in [2.05, 4.69) is 5.32 Å². The third kappa shape index (κ3) is 6.50. The van der Waals surface area contributed by atoms with Crippen molar-refractivity contribution in [2.75, 3.05) is 29.9 Å². The molecule has 37 heavy (non-hydrogen) atoms. The Morgan fingerprint density at radius 2 is 1.84 bits per heavy atom. The number of hydrogen-bond acceptors (Lipinski definition) is 5. The molecular formula is C28H29FN4O4. The number of likely N-dealkylation sites (tertiary alicyclic amines) is 1. The number of rotatable bonds is 7. The first-order valence-electron chi connectivity index (χ1n) is 12.0. The van der Waals surface area contributed by atoms with Gasteiger partial charge >= 0.3 is 0 Å². The second kappa shape index (κ2) is 11.2. The number of nitrogens with one attached hydrogen (secondary N) is 1. The molecule has 1 heterocycles. The van der Waals surface area contributed by atoms with Gasteiger partial charge in [0.05, 0.1) is 5.56 Å². The number of benzene rings is 3. The second-order valence-corrected chi connectivity index (χ2v) is 9.07. The van der Waals surface area contributed by atoms with Crippen molar-refractivity contribution in [3.63, 3.8) is 0 Å². The Morgan fingerprint density at radius 1 is 1.08 bits per heavy atom. The van der Waals surface area contributed by atoms with Crippen LogP contribution in [-0.4, -0.2) is 48.3 Å². The van der Waals surface area contributed by atoms with E-state index in [4.69, 9.17) is 10.5 Å². The minimum absolute atomic E-state index is 0.113. The highest BCUT2D eigenvalue weighted by Crippen LogP contribution is 2.27. The fourth-order valence-electron chi connectivity index (χ4n) is 4.15. The molecule has 0 spiro atoms. The molecule has 0 radical (unpaired) electrons. The SMILES string of the molecule is CC(=O)Nc1ccc(F)c(C(=O)N(CC(=O)N2CCC(N)C2)c2ccc(Oc3cccc(C)c3)cc2)c1. The van der Waals surface area contributed by atoms with Crippen molar-refractivity contribution < 1.29 is 23.5 Å². The summed E-state index contributed by atoms with van der Waals surface area (Å²) in [6.07, 6.45) is 0.679. The molecule has 3 amide bonds. The van der Waals surface area contributed by atoms with E-state index in [0.29, 0.717) is 36.7 Å². The van der Waals surface area contributed by atoms with Crippen molar-refractivity contribution in [3.05, 3.63) is 83.7 Å². The third-order valence-corrected chi connectivity index (χ3v) is 6.01. The number of aryl methyl sites for hydroxylation is 1. The van der Waals surface area contributed by atoms with Crippen molar-refractivity contribution in [2.45, 2.75) is 26.3 Å². The topological polar surface area (TPSA) is 105 Å². The van der Waals surface area contributed by atoms with Crippen LogP contribution in [0.1, 0.15) is 29.3 Å². The van der Waals surface area contributed by atoms with Gasteiger partial charge in [-0.2, -0.15) is 0 Å². The molecular weight excluding hydrogens is 475 g/mol. The number of nitrogens with two attached hydrogens (primary N) is 1. The van der Waals surface area contributed by atoms with E-state index in [1.807, 2.05) is 31.2 Å². The van der Waals surface area contributed by atoms with Gasteiger partial charge in [0.1, 0.15) is 23.9 Å². The summed E-state index contributed by atoms with van der Waals surface area (Å²) in [5.41, 5.74) is 7.40. The van der Waals surface area contributed by atoms with Gasteiger partial charge in [-0.15, -0.1) is 0 Å². The molecule has 3 N–H and O–H groups in total. The summed E-state index contributed by atoms with van der Waals surface area (Å²) in [6.45, 7) is 3.88. The molecule has 0 aromatic heterocycles.